The largest absolute Gasteiger partial charge is 0.343 e. The number of benzene rings is 1. The first kappa shape index (κ1) is 13.4. The molecule has 0 N–H and O–H groups in total. The quantitative estimate of drug-likeness (QED) is 0.601. The zero-order valence-electron chi connectivity index (χ0n) is 11.8. The Hall–Kier alpha value is -2.08. The molecule has 0 saturated carbocycles. The third-order valence-electron chi connectivity index (χ3n) is 3.75. The van der Waals surface area contributed by atoms with Crippen molar-refractivity contribution in [1.29, 1.82) is 5.26 Å². The Balaban J connectivity index is 2.79. The molecule has 98 valence electrons. The molecule has 1 heterocycles. The van der Waals surface area contributed by atoms with Crippen molar-refractivity contribution in [2.45, 2.75) is 33.1 Å². The standard InChI is InChI=1S/C16H18N2O/c1-5-18-14-9-7-6-8-13(14)16(3,4)15(18)12(10-17)11(2)19/h6-9H,5H2,1-4H3/b15-12+. The highest BCUT2D eigenvalue weighted by molar-refractivity contribution is 5.99. The molecule has 1 aromatic carbocycles. The fourth-order valence-corrected chi connectivity index (χ4v) is 2.90. The van der Waals surface area contributed by atoms with Gasteiger partial charge in [-0.15, -0.1) is 0 Å². The highest BCUT2D eigenvalue weighted by atomic mass is 16.1. The lowest BCUT2D eigenvalue weighted by Gasteiger charge is -2.27. The highest BCUT2D eigenvalue weighted by Crippen LogP contribution is 2.48. The molecular formula is C16H18N2O. The number of nitriles is 1. The van der Waals surface area contributed by atoms with Gasteiger partial charge in [0, 0.05) is 23.3 Å². The maximum absolute atomic E-state index is 11.8. The Morgan fingerprint density at radius 2 is 2.00 bits per heavy atom. The third kappa shape index (κ3) is 1.84. The van der Waals surface area contributed by atoms with Gasteiger partial charge in [-0.3, -0.25) is 4.79 Å². The fraction of sp³-hybridized carbons (Fsp3) is 0.375. The number of carbonyl (C=O) groups is 1. The van der Waals surface area contributed by atoms with Crippen LogP contribution in [0.15, 0.2) is 35.5 Å². The second-order valence-corrected chi connectivity index (χ2v) is 5.28. The molecule has 1 aliphatic heterocycles. The van der Waals surface area contributed by atoms with Crippen molar-refractivity contribution in [2.75, 3.05) is 11.4 Å². The van der Waals surface area contributed by atoms with Crippen molar-refractivity contribution in [1.82, 2.24) is 0 Å². The maximum Gasteiger partial charge on any atom is 0.172 e. The molecule has 0 aliphatic carbocycles. The number of likely N-dealkylation sites (N-methyl/N-ethyl adjacent to an activating group) is 1. The van der Waals surface area contributed by atoms with Crippen LogP contribution < -0.4 is 4.90 Å². The number of anilines is 1. The number of fused-ring (bicyclic) bond motifs is 1. The van der Waals surface area contributed by atoms with Gasteiger partial charge in [-0.2, -0.15) is 5.26 Å². The van der Waals surface area contributed by atoms with Crippen LogP contribution in [0.1, 0.15) is 33.3 Å². The lowest BCUT2D eigenvalue weighted by Crippen LogP contribution is -2.29. The van der Waals surface area contributed by atoms with Gasteiger partial charge in [0.25, 0.3) is 0 Å². The summed E-state index contributed by atoms with van der Waals surface area (Å²) in [4.78, 5) is 13.8. The fourth-order valence-electron chi connectivity index (χ4n) is 2.90. The SMILES string of the molecule is CCN1/C(=C(\C#N)C(C)=O)C(C)(C)c2ccccc21. The van der Waals surface area contributed by atoms with Gasteiger partial charge in [-0.05, 0) is 25.5 Å². The molecule has 0 bridgehead atoms. The Bertz CT molecular complexity index is 605. The van der Waals surface area contributed by atoms with Gasteiger partial charge in [0.2, 0.25) is 0 Å². The van der Waals surface area contributed by atoms with Crippen molar-refractivity contribution in [2.24, 2.45) is 0 Å². The number of nitrogens with zero attached hydrogens (tertiary/aromatic N) is 2. The van der Waals surface area contributed by atoms with Gasteiger partial charge < -0.3 is 4.90 Å². The first-order chi connectivity index (χ1) is 8.95. The molecule has 2 rings (SSSR count). The molecule has 0 atom stereocenters. The van der Waals surface area contributed by atoms with Crippen LogP contribution in [0.5, 0.6) is 0 Å². The lowest BCUT2D eigenvalue weighted by molar-refractivity contribution is -0.113. The lowest BCUT2D eigenvalue weighted by atomic mass is 9.81. The van der Waals surface area contributed by atoms with E-state index in [1.807, 2.05) is 25.1 Å². The van der Waals surface area contributed by atoms with E-state index in [0.717, 1.165) is 17.9 Å². The molecule has 1 aromatic rings. The van der Waals surface area contributed by atoms with Gasteiger partial charge in [0.05, 0.1) is 0 Å². The van der Waals surface area contributed by atoms with Crippen molar-refractivity contribution in [3.05, 3.63) is 41.1 Å². The molecule has 0 saturated heterocycles. The summed E-state index contributed by atoms with van der Waals surface area (Å²) in [6.45, 7) is 8.37. The number of para-hydroxylation sites is 1. The summed E-state index contributed by atoms with van der Waals surface area (Å²) < 4.78 is 0. The van der Waals surface area contributed by atoms with Crippen molar-refractivity contribution in [3.8, 4) is 6.07 Å². The number of hydrogen-bond donors (Lipinski definition) is 0. The van der Waals surface area contributed by atoms with Gasteiger partial charge >= 0.3 is 0 Å². The van der Waals surface area contributed by atoms with Crippen LogP contribution in [0, 0.1) is 11.3 Å². The summed E-state index contributed by atoms with van der Waals surface area (Å²) in [5.41, 5.74) is 3.04. The van der Waals surface area contributed by atoms with Gasteiger partial charge in [-0.1, -0.05) is 32.0 Å². The zero-order chi connectivity index (χ0) is 14.2. The van der Waals surface area contributed by atoms with Crippen LogP contribution in [0.25, 0.3) is 0 Å². The van der Waals surface area contributed by atoms with Crippen LogP contribution in [0.3, 0.4) is 0 Å². The minimum atomic E-state index is -0.316. The van der Waals surface area contributed by atoms with Crippen LogP contribution in [0.2, 0.25) is 0 Å². The van der Waals surface area contributed by atoms with E-state index in [1.165, 1.54) is 12.5 Å². The highest BCUT2D eigenvalue weighted by Gasteiger charge is 2.42. The Morgan fingerprint density at radius 1 is 1.37 bits per heavy atom. The first-order valence-corrected chi connectivity index (χ1v) is 6.48. The van der Waals surface area contributed by atoms with E-state index in [-0.39, 0.29) is 16.8 Å². The van der Waals surface area contributed by atoms with Crippen molar-refractivity contribution >= 4 is 11.5 Å². The normalized spacial score (nSPS) is 18.8. The number of Topliss-reactive ketones (excluding diaryl/α,β-unsaturated/α-hetero) is 1. The molecule has 0 unspecified atom stereocenters. The predicted molar refractivity (Wildman–Crippen MR) is 75.8 cm³/mol. The van der Waals surface area contributed by atoms with E-state index in [2.05, 4.69) is 30.9 Å². The van der Waals surface area contributed by atoms with E-state index in [9.17, 15) is 10.1 Å². The number of allylic oxidation sites excluding steroid dienone is 2. The summed E-state index contributed by atoms with van der Waals surface area (Å²) in [5.74, 6) is -0.170. The number of rotatable bonds is 2. The van der Waals surface area contributed by atoms with E-state index < -0.39 is 0 Å². The van der Waals surface area contributed by atoms with E-state index >= 15 is 0 Å². The molecule has 0 amide bonds. The maximum atomic E-state index is 11.8. The summed E-state index contributed by atoms with van der Waals surface area (Å²) in [5, 5.41) is 9.33. The molecule has 1 aliphatic rings. The Labute approximate surface area is 114 Å². The third-order valence-corrected chi connectivity index (χ3v) is 3.75. The average molecular weight is 254 g/mol. The molecule has 3 nitrogen and oxygen atoms in total. The topological polar surface area (TPSA) is 44.1 Å². The minimum Gasteiger partial charge on any atom is -0.343 e. The molecule has 3 heteroatoms. The molecule has 0 fully saturated rings. The average Bonchev–Trinajstić information content (AvgIpc) is 2.60. The molecule has 0 spiro atoms. The van der Waals surface area contributed by atoms with Gasteiger partial charge in [0.15, 0.2) is 5.78 Å². The van der Waals surface area contributed by atoms with Crippen LogP contribution in [-0.4, -0.2) is 12.3 Å². The van der Waals surface area contributed by atoms with E-state index in [0.29, 0.717) is 0 Å². The van der Waals surface area contributed by atoms with Gasteiger partial charge in [-0.25, -0.2) is 0 Å². The number of ketones is 1. The first-order valence-electron chi connectivity index (χ1n) is 6.48. The monoisotopic (exact) mass is 254 g/mol. The molecule has 0 aromatic heterocycles. The molecule has 0 radical (unpaired) electrons. The second kappa shape index (κ2) is 4.55. The van der Waals surface area contributed by atoms with Crippen LogP contribution >= 0.6 is 0 Å². The number of carbonyl (C=O) groups excluding carboxylic acids is 1. The summed E-state index contributed by atoms with van der Waals surface area (Å²) in [6.07, 6.45) is 0. The van der Waals surface area contributed by atoms with Crippen molar-refractivity contribution < 1.29 is 4.79 Å². The second-order valence-electron chi connectivity index (χ2n) is 5.28. The Morgan fingerprint density at radius 3 is 2.53 bits per heavy atom. The number of hydrogen-bond acceptors (Lipinski definition) is 3. The van der Waals surface area contributed by atoms with E-state index in [4.69, 9.17) is 0 Å². The van der Waals surface area contributed by atoms with Crippen LogP contribution in [0.4, 0.5) is 5.69 Å². The zero-order valence-corrected chi connectivity index (χ0v) is 11.8. The smallest absolute Gasteiger partial charge is 0.172 e. The summed E-state index contributed by atoms with van der Waals surface area (Å²) in [7, 11) is 0. The predicted octanol–water partition coefficient (Wildman–Crippen LogP) is 3.17. The summed E-state index contributed by atoms with van der Waals surface area (Å²) in [6, 6.07) is 10.2. The van der Waals surface area contributed by atoms with E-state index in [1.54, 1.807) is 0 Å². The summed E-state index contributed by atoms with van der Waals surface area (Å²) >= 11 is 0. The van der Waals surface area contributed by atoms with Crippen molar-refractivity contribution in [3.63, 3.8) is 0 Å². The Kier molecular flexibility index (Phi) is 3.20. The van der Waals surface area contributed by atoms with Crippen LogP contribution in [-0.2, 0) is 10.2 Å². The minimum absolute atomic E-state index is 0.170. The molecular weight excluding hydrogens is 236 g/mol. The molecule has 19 heavy (non-hydrogen) atoms. The van der Waals surface area contributed by atoms with Gasteiger partial charge in [0.1, 0.15) is 11.6 Å².